The van der Waals surface area contributed by atoms with Crippen LogP contribution in [-0.2, 0) is 14.3 Å². The number of aliphatic carboxylic acids is 1. The van der Waals surface area contributed by atoms with Crippen molar-refractivity contribution in [3.8, 4) is 0 Å². The third-order valence-corrected chi connectivity index (χ3v) is 3.42. The maximum atomic E-state index is 12.2. The topological polar surface area (TPSA) is 117 Å². The van der Waals surface area contributed by atoms with Gasteiger partial charge in [0.1, 0.15) is 17.2 Å². The van der Waals surface area contributed by atoms with Crippen LogP contribution in [0.2, 0.25) is 0 Å². The zero-order chi connectivity index (χ0) is 17.1. The van der Waals surface area contributed by atoms with Gasteiger partial charge in [0, 0.05) is 6.42 Å². The largest absolute Gasteiger partial charge is 0.480 e. The fourth-order valence-corrected chi connectivity index (χ4v) is 2.23. The fourth-order valence-electron chi connectivity index (χ4n) is 2.23. The van der Waals surface area contributed by atoms with E-state index in [1.165, 1.54) is 6.92 Å². The lowest BCUT2D eigenvalue weighted by atomic mass is 9.99. The minimum absolute atomic E-state index is 0.0515. The molecule has 8 heteroatoms. The second-order valence-electron chi connectivity index (χ2n) is 6.67. The molecule has 0 aromatic rings. The Balaban J connectivity index is 2.81. The second kappa shape index (κ2) is 6.80. The molecule has 1 aliphatic heterocycles. The number of carbonyl (C=O) groups excluding carboxylic acids is 1. The Hall–Kier alpha value is -1.38. The molecule has 1 fully saturated rings. The first-order chi connectivity index (χ1) is 9.99. The van der Waals surface area contributed by atoms with Gasteiger partial charge in [-0.15, -0.1) is 0 Å². The van der Waals surface area contributed by atoms with Gasteiger partial charge in [-0.05, 0) is 27.7 Å². The Kier molecular flexibility index (Phi) is 5.77. The molecule has 22 heavy (non-hydrogen) atoms. The first-order valence-corrected chi connectivity index (χ1v) is 7.14. The predicted molar refractivity (Wildman–Crippen MR) is 76.4 cm³/mol. The van der Waals surface area contributed by atoms with Crippen molar-refractivity contribution in [2.75, 3.05) is 19.8 Å². The summed E-state index contributed by atoms with van der Waals surface area (Å²) in [6, 6.07) is 0. The summed E-state index contributed by atoms with van der Waals surface area (Å²) < 4.78 is 10.6. The Labute approximate surface area is 129 Å². The number of ether oxygens (including phenoxy) is 2. The summed E-state index contributed by atoms with van der Waals surface area (Å²) in [4.78, 5) is 24.9. The average Bonchev–Trinajstić information content (AvgIpc) is 2.73. The van der Waals surface area contributed by atoms with Gasteiger partial charge in [-0.2, -0.15) is 0 Å². The average molecular weight is 319 g/mol. The van der Waals surface area contributed by atoms with E-state index in [2.05, 4.69) is 0 Å². The number of carboxylic acids is 1. The van der Waals surface area contributed by atoms with E-state index in [-0.39, 0.29) is 19.6 Å². The van der Waals surface area contributed by atoms with Crippen molar-refractivity contribution >= 4 is 12.1 Å². The number of aliphatic hydroxyl groups excluding tert-OH is 2. The van der Waals surface area contributed by atoms with Crippen LogP contribution in [0.4, 0.5) is 4.79 Å². The van der Waals surface area contributed by atoms with Crippen molar-refractivity contribution in [2.45, 2.75) is 57.5 Å². The van der Waals surface area contributed by atoms with Crippen molar-refractivity contribution in [1.29, 1.82) is 0 Å². The zero-order valence-electron chi connectivity index (χ0n) is 13.4. The van der Waals surface area contributed by atoms with Crippen LogP contribution >= 0.6 is 0 Å². The fraction of sp³-hybridized carbons (Fsp3) is 0.857. The highest BCUT2D eigenvalue weighted by Crippen LogP contribution is 2.32. The smallest absolute Gasteiger partial charge is 0.411 e. The molecular formula is C14H25NO7. The van der Waals surface area contributed by atoms with E-state index in [1.54, 1.807) is 20.8 Å². The van der Waals surface area contributed by atoms with Gasteiger partial charge in [0.2, 0.25) is 0 Å². The Morgan fingerprint density at radius 2 is 2.00 bits per heavy atom. The molecule has 1 saturated heterocycles. The molecule has 0 radical (unpaired) electrons. The van der Waals surface area contributed by atoms with Gasteiger partial charge in [0.25, 0.3) is 0 Å². The number of amides is 1. The predicted octanol–water partition coefficient (Wildman–Crippen LogP) is 0.209. The number of carboxylic acid groups (broad SMARTS) is 1. The monoisotopic (exact) mass is 319 g/mol. The number of aliphatic hydroxyl groups is 2. The lowest BCUT2D eigenvalue weighted by molar-refractivity contribution is -0.148. The van der Waals surface area contributed by atoms with Crippen LogP contribution in [0.1, 0.15) is 34.1 Å². The van der Waals surface area contributed by atoms with Crippen LogP contribution in [-0.4, -0.2) is 75.4 Å². The standard InChI is InChI=1S/C14H25NO7/c1-13(2,3)22-12(20)15-6-10(21-8-9(17)7-16)5-14(15,4)11(18)19/h9-10,16-17H,5-8H2,1-4H3,(H,18,19)/t9?,10-,14-/m1/s1. The Morgan fingerprint density at radius 1 is 1.41 bits per heavy atom. The lowest BCUT2D eigenvalue weighted by Gasteiger charge is -2.32. The number of hydrogen-bond donors (Lipinski definition) is 3. The van der Waals surface area contributed by atoms with Crippen LogP contribution in [0, 0.1) is 0 Å². The summed E-state index contributed by atoms with van der Waals surface area (Å²) >= 11 is 0. The van der Waals surface area contributed by atoms with E-state index in [1.807, 2.05) is 0 Å². The minimum Gasteiger partial charge on any atom is -0.480 e. The van der Waals surface area contributed by atoms with Gasteiger partial charge in [-0.25, -0.2) is 9.59 Å². The molecule has 1 heterocycles. The van der Waals surface area contributed by atoms with Crippen LogP contribution in [0.5, 0.6) is 0 Å². The van der Waals surface area contributed by atoms with Crippen molar-refractivity contribution in [2.24, 2.45) is 0 Å². The number of rotatable bonds is 5. The molecule has 1 rings (SSSR count). The van der Waals surface area contributed by atoms with Gasteiger partial charge in [-0.3, -0.25) is 4.90 Å². The highest BCUT2D eigenvalue weighted by atomic mass is 16.6. The molecule has 1 unspecified atom stereocenters. The van der Waals surface area contributed by atoms with Gasteiger partial charge in [0.15, 0.2) is 0 Å². The summed E-state index contributed by atoms with van der Waals surface area (Å²) in [6.07, 6.45) is -2.22. The number of hydrogen-bond acceptors (Lipinski definition) is 6. The molecule has 0 aliphatic carbocycles. The first kappa shape index (κ1) is 18.7. The summed E-state index contributed by atoms with van der Waals surface area (Å²) in [5.41, 5.74) is -2.17. The van der Waals surface area contributed by atoms with Crippen LogP contribution < -0.4 is 0 Å². The summed E-state index contributed by atoms with van der Waals surface area (Å²) in [5, 5.41) is 27.5. The third-order valence-electron chi connectivity index (χ3n) is 3.42. The van der Waals surface area contributed by atoms with E-state index in [0.29, 0.717) is 0 Å². The Bertz CT molecular complexity index is 420. The molecule has 0 spiro atoms. The van der Waals surface area contributed by atoms with E-state index >= 15 is 0 Å². The normalized spacial score (nSPS) is 26.8. The van der Waals surface area contributed by atoms with Crippen molar-refractivity contribution in [1.82, 2.24) is 4.90 Å². The van der Waals surface area contributed by atoms with Crippen molar-refractivity contribution < 1.29 is 34.4 Å². The van der Waals surface area contributed by atoms with Gasteiger partial charge >= 0.3 is 12.1 Å². The summed E-state index contributed by atoms with van der Waals surface area (Å²) in [5.74, 6) is -1.15. The van der Waals surface area contributed by atoms with E-state index in [4.69, 9.17) is 14.6 Å². The molecule has 0 saturated carbocycles. The minimum atomic E-state index is -1.43. The third kappa shape index (κ3) is 4.56. The molecule has 3 N–H and O–H groups in total. The summed E-state index contributed by atoms with van der Waals surface area (Å²) in [6.45, 7) is 6.01. The maximum Gasteiger partial charge on any atom is 0.411 e. The molecule has 0 bridgehead atoms. The molecule has 1 aliphatic rings. The molecule has 8 nitrogen and oxygen atoms in total. The van der Waals surface area contributed by atoms with E-state index in [0.717, 1.165) is 4.90 Å². The van der Waals surface area contributed by atoms with Gasteiger partial charge in [-0.1, -0.05) is 0 Å². The van der Waals surface area contributed by atoms with E-state index < -0.39 is 42.0 Å². The summed E-state index contributed by atoms with van der Waals surface area (Å²) in [7, 11) is 0. The van der Waals surface area contributed by atoms with Crippen LogP contribution in [0.3, 0.4) is 0 Å². The Morgan fingerprint density at radius 3 is 2.45 bits per heavy atom. The SMILES string of the molecule is CC(C)(C)OC(=O)N1C[C@H](OCC(O)CO)C[C@]1(C)C(=O)O. The number of nitrogens with zero attached hydrogens (tertiary/aromatic N) is 1. The van der Waals surface area contributed by atoms with Crippen molar-refractivity contribution in [3.05, 3.63) is 0 Å². The molecule has 0 aromatic carbocycles. The quantitative estimate of drug-likeness (QED) is 0.663. The second-order valence-corrected chi connectivity index (χ2v) is 6.67. The number of carbonyl (C=O) groups is 2. The van der Waals surface area contributed by atoms with Crippen LogP contribution in [0.25, 0.3) is 0 Å². The molecular weight excluding hydrogens is 294 g/mol. The first-order valence-electron chi connectivity index (χ1n) is 7.14. The van der Waals surface area contributed by atoms with Gasteiger partial charge < -0.3 is 24.8 Å². The molecule has 0 aromatic heterocycles. The van der Waals surface area contributed by atoms with Crippen LogP contribution in [0.15, 0.2) is 0 Å². The van der Waals surface area contributed by atoms with Gasteiger partial charge in [0.05, 0.1) is 25.9 Å². The molecule has 1 amide bonds. The molecule has 3 atom stereocenters. The maximum absolute atomic E-state index is 12.2. The number of likely N-dealkylation sites (tertiary alicyclic amines) is 1. The van der Waals surface area contributed by atoms with E-state index in [9.17, 15) is 19.8 Å². The lowest BCUT2D eigenvalue weighted by Crippen LogP contribution is -2.52. The highest BCUT2D eigenvalue weighted by Gasteiger charge is 2.52. The van der Waals surface area contributed by atoms with Crippen molar-refractivity contribution in [3.63, 3.8) is 0 Å². The molecule has 128 valence electrons. The highest BCUT2D eigenvalue weighted by molar-refractivity contribution is 5.85. The zero-order valence-corrected chi connectivity index (χ0v) is 13.4.